The number of carbonyl (C=O) groups is 1. The molecule has 1 unspecified atom stereocenters. The summed E-state index contributed by atoms with van der Waals surface area (Å²) in [6.07, 6.45) is 1.14. The van der Waals surface area contributed by atoms with Crippen molar-refractivity contribution in [3.8, 4) is 5.75 Å². The summed E-state index contributed by atoms with van der Waals surface area (Å²) in [6.45, 7) is 2.29. The summed E-state index contributed by atoms with van der Waals surface area (Å²) in [5.41, 5.74) is 5.64. The monoisotopic (exact) mass is 266 g/mol. The van der Waals surface area contributed by atoms with Gasteiger partial charge in [0.2, 0.25) is 5.91 Å². The number of hydrogen-bond donors (Lipinski definition) is 3. The van der Waals surface area contributed by atoms with Gasteiger partial charge in [0, 0.05) is 13.0 Å². The van der Waals surface area contributed by atoms with E-state index in [-0.39, 0.29) is 6.61 Å². The fraction of sp³-hybridized carbons (Fsp3) is 0.500. The van der Waals surface area contributed by atoms with Crippen LogP contribution >= 0.6 is 0 Å². The molecule has 0 radical (unpaired) electrons. The van der Waals surface area contributed by atoms with Gasteiger partial charge in [-0.25, -0.2) is 0 Å². The first-order valence-corrected chi connectivity index (χ1v) is 6.33. The van der Waals surface area contributed by atoms with E-state index < -0.39 is 11.4 Å². The van der Waals surface area contributed by atoms with Gasteiger partial charge in [-0.15, -0.1) is 0 Å². The van der Waals surface area contributed by atoms with E-state index in [0.717, 1.165) is 11.3 Å². The molecule has 0 saturated carbocycles. The fourth-order valence-electron chi connectivity index (χ4n) is 1.63. The summed E-state index contributed by atoms with van der Waals surface area (Å²) in [6, 6.07) is 7.53. The van der Waals surface area contributed by atoms with Crippen molar-refractivity contribution in [3.05, 3.63) is 29.8 Å². The van der Waals surface area contributed by atoms with Crippen molar-refractivity contribution in [3.63, 3.8) is 0 Å². The predicted octanol–water partition coefficient (Wildman–Crippen LogP) is 0.454. The van der Waals surface area contributed by atoms with E-state index in [4.69, 9.17) is 15.6 Å². The van der Waals surface area contributed by atoms with Gasteiger partial charge in [0.05, 0.1) is 12.1 Å². The SMILES string of the molecule is CNC(C)(CCOc1ccc(CCO)cc1)C(N)=O. The lowest BCUT2D eigenvalue weighted by Crippen LogP contribution is -2.52. The van der Waals surface area contributed by atoms with Gasteiger partial charge in [-0.3, -0.25) is 4.79 Å². The average Bonchev–Trinajstić information content (AvgIpc) is 2.40. The van der Waals surface area contributed by atoms with Crippen molar-refractivity contribution in [1.82, 2.24) is 5.32 Å². The molecule has 1 aromatic rings. The van der Waals surface area contributed by atoms with Gasteiger partial charge in [-0.1, -0.05) is 12.1 Å². The molecule has 0 aliphatic rings. The zero-order valence-electron chi connectivity index (χ0n) is 11.5. The number of benzene rings is 1. The minimum absolute atomic E-state index is 0.138. The number of hydrogen-bond acceptors (Lipinski definition) is 4. The highest BCUT2D eigenvalue weighted by molar-refractivity contribution is 5.84. The normalized spacial score (nSPS) is 13.8. The fourth-order valence-corrected chi connectivity index (χ4v) is 1.63. The Bertz CT molecular complexity index is 406. The van der Waals surface area contributed by atoms with Crippen LogP contribution in [-0.4, -0.2) is 36.8 Å². The molecule has 1 rings (SSSR count). The maximum atomic E-state index is 11.3. The maximum absolute atomic E-state index is 11.3. The van der Waals surface area contributed by atoms with Crippen LogP contribution in [0.3, 0.4) is 0 Å². The van der Waals surface area contributed by atoms with Crippen LogP contribution in [0.25, 0.3) is 0 Å². The number of rotatable bonds is 8. The van der Waals surface area contributed by atoms with Gasteiger partial charge in [0.15, 0.2) is 0 Å². The number of aliphatic hydroxyl groups is 1. The summed E-state index contributed by atoms with van der Waals surface area (Å²) in [5.74, 6) is 0.349. The number of carbonyl (C=O) groups excluding carboxylic acids is 1. The van der Waals surface area contributed by atoms with Crippen LogP contribution in [0.2, 0.25) is 0 Å². The Kier molecular flexibility index (Phi) is 5.79. The first-order valence-electron chi connectivity index (χ1n) is 6.33. The molecule has 0 bridgehead atoms. The third kappa shape index (κ3) is 4.54. The van der Waals surface area contributed by atoms with E-state index in [1.165, 1.54) is 0 Å². The molecule has 1 aromatic carbocycles. The molecule has 19 heavy (non-hydrogen) atoms. The van der Waals surface area contributed by atoms with Crippen molar-refractivity contribution >= 4 is 5.91 Å². The minimum atomic E-state index is -0.753. The van der Waals surface area contributed by atoms with Gasteiger partial charge < -0.3 is 20.9 Å². The number of ether oxygens (including phenoxy) is 1. The summed E-state index contributed by atoms with van der Waals surface area (Å²) < 4.78 is 5.58. The van der Waals surface area contributed by atoms with Crippen LogP contribution in [0.1, 0.15) is 18.9 Å². The molecule has 0 aromatic heterocycles. The van der Waals surface area contributed by atoms with E-state index in [9.17, 15) is 4.79 Å². The van der Waals surface area contributed by atoms with E-state index in [2.05, 4.69) is 5.32 Å². The van der Waals surface area contributed by atoms with Crippen LogP contribution in [0, 0.1) is 0 Å². The highest BCUT2D eigenvalue weighted by Gasteiger charge is 2.28. The highest BCUT2D eigenvalue weighted by Crippen LogP contribution is 2.15. The molecular weight excluding hydrogens is 244 g/mol. The number of amides is 1. The first kappa shape index (κ1) is 15.5. The smallest absolute Gasteiger partial charge is 0.237 e. The van der Waals surface area contributed by atoms with Crippen LogP contribution in [0.5, 0.6) is 5.75 Å². The minimum Gasteiger partial charge on any atom is -0.494 e. The predicted molar refractivity (Wildman–Crippen MR) is 74.0 cm³/mol. The van der Waals surface area contributed by atoms with Crippen molar-refractivity contribution in [2.75, 3.05) is 20.3 Å². The Morgan fingerprint density at radius 2 is 2.05 bits per heavy atom. The van der Waals surface area contributed by atoms with Crippen LogP contribution < -0.4 is 15.8 Å². The molecule has 5 nitrogen and oxygen atoms in total. The molecule has 0 heterocycles. The largest absolute Gasteiger partial charge is 0.494 e. The number of nitrogens with two attached hydrogens (primary N) is 1. The third-order valence-corrected chi connectivity index (χ3v) is 3.29. The van der Waals surface area contributed by atoms with Crippen molar-refractivity contribution < 1.29 is 14.6 Å². The summed E-state index contributed by atoms with van der Waals surface area (Å²) in [7, 11) is 1.70. The topological polar surface area (TPSA) is 84.6 Å². The molecule has 0 spiro atoms. The zero-order chi connectivity index (χ0) is 14.3. The second-order valence-corrected chi connectivity index (χ2v) is 4.66. The molecule has 1 amide bonds. The van der Waals surface area contributed by atoms with Crippen molar-refractivity contribution in [2.45, 2.75) is 25.3 Å². The number of aliphatic hydroxyl groups excluding tert-OH is 1. The first-order chi connectivity index (χ1) is 9.01. The van der Waals surface area contributed by atoms with Gasteiger partial charge in [-0.05, 0) is 38.1 Å². The standard InChI is InChI=1S/C14H22N2O3/c1-14(16-2,13(15)18)8-10-19-12-5-3-11(4-6-12)7-9-17/h3-6,16-17H,7-10H2,1-2H3,(H2,15,18). The quantitative estimate of drug-likeness (QED) is 0.638. The van der Waals surface area contributed by atoms with Crippen LogP contribution in [0.4, 0.5) is 0 Å². The van der Waals surface area contributed by atoms with Crippen molar-refractivity contribution in [2.24, 2.45) is 5.73 Å². The summed E-state index contributed by atoms with van der Waals surface area (Å²) in [5, 5.41) is 11.7. The molecule has 4 N–H and O–H groups in total. The van der Waals surface area contributed by atoms with Crippen LogP contribution in [0.15, 0.2) is 24.3 Å². The van der Waals surface area contributed by atoms with Crippen molar-refractivity contribution in [1.29, 1.82) is 0 Å². The van der Waals surface area contributed by atoms with E-state index in [0.29, 0.717) is 19.4 Å². The second kappa shape index (κ2) is 7.11. The third-order valence-electron chi connectivity index (χ3n) is 3.29. The van der Waals surface area contributed by atoms with E-state index in [1.54, 1.807) is 14.0 Å². The van der Waals surface area contributed by atoms with E-state index >= 15 is 0 Å². The number of primary amides is 1. The Balaban J connectivity index is 2.46. The van der Waals surface area contributed by atoms with Gasteiger partial charge in [-0.2, -0.15) is 0 Å². The molecular formula is C14H22N2O3. The molecule has 0 aliphatic carbocycles. The molecule has 106 valence electrons. The molecule has 1 atom stereocenters. The number of nitrogens with one attached hydrogen (secondary N) is 1. The van der Waals surface area contributed by atoms with Gasteiger partial charge in [0.25, 0.3) is 0 Å². The Morgan fingerprint density at radius 3 is 2.53 bits per heavy atom. The zero-order valence-corrected chi connectivity index (χ0v) is 11.5. The van der Waals surface area contributed by atoms with Crippen LogP contribution in [-0.2, 0) is 11.2 Å². The lowest BCUT2D eigenvalue weighted by atomic mass is 9.98. The lowest BCUT2D eigenvalue weighted by Gasteiger charge is -2.25. The molecule has 0 saturated heterocycles. The Labute approximate surface area is 113 Å². The summed E-state index contributed by atoms with van der Waals surface area (Å²) >= 11 is 0. The number of likely N-dealkylation sites (N-methyl/N-ethyl adjacent to an activating group) is 1. The van der Waals surface area contributed by atoms with Gasteiger partial charge in [0.1, 0.15) is 5.75 Å². The maximum Gasteiger partial charge on any atom is 0.237 e. The molecule has 0 fully saturated rings. The lowest BCUT2D eigenvalue weighted by molar-refractivity contribution is -0.124. The summed E-state index contributed by atoms with van der Waals surface area (Å²) in [4.78, 5) is 11.3. The van der Waals surface area contributed by atoms with E-state index in [1.807, 2.05) is 24.3 Å². The average molecular weight is 266 g/mol. The molecule has 5 heteroatoms. The Morgan fingerprint density at radius 1 is 1.42 bits per heavy atom. The highest BCUT2D eigenvalue weighted by atomic mass is 16.5. The second-order valence-electron chi connectivity index (χ2n) is 4.66. The van der Waals surface area contributed by atoms with Gasteiger partial charge >= 0.3 is 0 Å². The Hall–Kier alpha value is -1.59. The molecule has 0 aliphatic heterocycles.